The van der Waals surface area contributed by atoms with Crippen molar-refractivity contribution < 1.29 is 9.47 Å². The van der Waals surface area contributed by atoms with Gasteiger partial charge in [-0.2, -0.15) is 5.10 Å². The smallest absolute Gasteiger partial charge is 0.193 e. The molecule has 1 aromatic carbocycles. The predicted octanol–water partition coefficient (Wildman–Crippen LogP) is 2.44. The lowest BCUT2D eigenvalue weighted by Gasteiger charge is -2.11. The zero-order valence-electron chi connectivity index (χ0n) is 14.0. The number of guanidine groups is 1. The second-order valence-corrected chi connectivity index (χ2v) is 5.58. The number of halogens is 1. The molecule has 0 spiro atoms. The summed E-state index contributed by atoms with van der Waals surface area (Å²) < 4.78 is 13.0. The Bertz CT molecular complexity index is 927. The second kappa shape index (κ2) is 8.21. The zero-order chi connectivity index (χ0) is 17.1. The van der Waals surface area contributed by atoms with E-state index in [-0.39, 0.29) is 24.0 Å². The van der Waals surface area contributed by atoms with Gasteiger partial charge in [0.1, 0.15) is 0 Å². The standard InChI is InChI=1S/C17H18N6O2.HI/c18-17(20-11-13-4-6-19-16-5-7-21-23(13)16)22-12-2-3-14-15(10-12)25-9-1-8-24-14;/h2-7,10H,1,8-9,11H2,(H3,18,20,22);1H. The van der Waals surface area contributed by atoms with Crippen molar-refractivity contribution in [3.63, 3.8) is 0 Å². The number of rotatable bonds is 3. The molecule has 0 fully saturated rings. The largest absolute Gasteiger partial charge is 0.490 e. The molecular weight excluding hydrogens is 447 g/mol. The van der Waals surface area contributed by atoms with Crippen molar-refractivity contribution in [2.24, 2.45) is 10.7 Å². The molecule has 4 rings (SSSR count). The minimum atomic E-state index is 0. The highest BCUT2D eigenvalue weighted by molar-refractivity contribution is 14.0. The molecule has 3 heterocycles. The van der Waals surface area contributed by atoms with E-state index in [0.717, 1.165) is 29.2 Å². The molecule has 8 nitrogen and oxygen atoms in total. The van der Waals surface area contributed by atoms with Crippen molar-refractivity contribution in [2.45, 2.75) is 13.0 Å². The number of benzene rings is 1. The van der Waals surface area contributed by atoms with E-state index in [4.69, 9.17) is 15.2 Å². The molecule has 3 aromatic rings. The Hall–Kier alpha value is -2.56. The van der Waals surface area contributed by atoms with Crippen molar-refractivity contribution in [2.75, 3.05) is 18.5 Å². The Balaban J connectivity index is 0.00000196. The van der Waals surface area contributed by atoms with Gasteiger partial charge in [0, 0.05) is 30.4 Å². The SMILES string of the molecule is I.NC(=NCc1ccnc2ccnn12)Nc1ccc2c(c1)OCCCO2. The molecule has 1 aliphatic heterocycles. The quantitative estimate of drug-likeness (QED) is 0.350. The van der Waals surface area contributed by atoms with Crippen LogP contribution in [0.3, 0.4) is 0 Å². The van der Waals surface area contributed by atoms with Crippen molar-refractivity contribution >= 4 is 41.3 Å². The van der Waals surface area contributed by atoms with E-state index in [0.29, 0.717) is 31.5 Å². The number of anilines is 1. The van der Waals surface area contributed by atoms with Gasteiger partial charge in [0.05, 0.1) is 31.6 Å². The third-order valence-corrected chi connectivity index (χ3v) is 3.80. The summed E-state index contributed by atoms with van der Waals surface area (Å²) in [6.07, 6.45) is 4.30. The first-order valence-electron chi connectivity index (χ1n) is 8.04. The lowest BCUT2D eigenvalue weighted by atomic mass is 10.3. The number of ether oxygens (including phenoxy) is 2. The van der Waals surface area contributed by atoms with Gasteiger partial charge in [-0.05, 0) is 18.2 Å². The van der Waals surface area contributed by atoms with Gasteiger partial charge in [0.2, 0.25) is 0 Å². The number of nitrogens with zero attached hydrogens (tertiary/aromatic N) is 4. The van der Waals surface area contributed by atoms with E-state index in [1.54, 1.807) is 16.9 Å². The molecule has 0 bridgehead atoms. The summed E-state index contributed by atoms with van der Waals surface area (Å²) in [4.78, 5) is 8.60. The molecule has 9 heteroatoms. The van der Waals surface area contributed by atoms with E-state index in [9.17, 15) is 0 Å². The third-order valence-electron chi connectivity index (χ3n) is 3.80. The number of aromatic nitrogens is 3. The van der Waals surface area contributed by atoms with Crippen molar-refractivity contribution in [1.82, 2.24) is 14.6 Å². The van der Waals surface area contributed by atoms with Crippen molar-refractivity contribution in [3.8, 4) is 11.5 Å². The van der Waals surface area contributed by atoms with Crippen molar-refractivity contribution in [1.29, 1.82) is 0 Å². The molecule has 136 valence electrons. The van der Waals surface area contributed by atoms with Gasteiger partial charge >= 0.3 is 0 Å². The van der Waals surface area contributed by atoms with E-state index < -0.39 is 0 Å². The van der Waals surface area contributed by atoms with Crippen LogP contribution < -0.4 is 20.5 Å². The van der Waals surface area contributed by atoms with E-state index in [1.807, 2.05) is 30.3 Å². The summed E-state index contributed by atoms with van der Waals surface area (Å²) in [5.41, 5.74) is 8.48. The monoisotopic (exact) mass is 466 g/mol. The van der Waals surface area contributed by atoms with Crippen LogP contribution in [0.1, 0.15) is 12.1 Å². The van der Waals surface area contributed by atoms with Gasteiger partial charge < -0.3 is 20.5 Å². The molecule has 0 saturated heterocycles. The maximum Gasteiger partial charge on any atom is 0.193 e. The lowest BCUT2D eigenvalue weighted by molar-refractivity contribution is 0.297. The van der Waals surface area contributed by atoms with Gasteiger partial charge in [-0.3, -0.25) is 0 Å². The number of nitrogens with one attached hydrogen (secondary N) is 1. The van der Waals surface area contributed by atoms with Gasteiger partial charge in [-0.1, -0.05) is 0 Å². The highest BCUT2D eigenvalue weighted by Crippen LogP contribution is 2.32. The summed E-state index contributed by atoms with van der Waals surface area (Å²) in [7, 11) is 0. The van der Waals surface area contributed by atoms with E-state index >= 15 is 0 Å². The fourth-order valence-electron chi connectivity index (χ4n) is 2.60. The lowest BCUT2D eigenvalue weighted by Crippen LogP contribution is -2.22. The first kappa shape index (κ1) is 18.2. The predicted molar refractivity (Wildman–Crippen MR) is 109 cm³/mol. The molecule has 1 aliphatic rings. The van der Waals surface area contributed by atoms with E-state index in [1.165, 1.54) is 0 Å². The summed E-state index contributed by atoms with van der Waals surface area (Å²) in [6.45, 7) is 1.70. The minimum Gasteiger partial charge on any atom is -0.490 e. The van der Waals surface area contributed by atoms with Gasteiger partial charge in [-0.25, -0.2) is 14.5 Å². The summed E-state index contributed by atoms with van der Waals surface area (Å²) in [5.74, 6) is 1.77. The molecule has 0 saturated carbocycles. The van der Waals surface area contributed by atoms with Crippen LogP contribution in [-0.2, 0) is 6.54 Å². The summed E-state index contributed by atoms with van der Waals surface area (Å²) in [5, 5.41) is 7.30. The van der Waals surface area contributed by atoms with Crippen LogP contribution in [0, 0.1) is 0 Å². The van der Waals surface area contributed by atoms with Crippen LogP contribution >= 0.6 is 24.0 Å². The first-order valence-corrected chi connectivity index (χ1v) is 8.04. The minimum absolute atomic E-state index is 0. The molecular formula is C17H19IN6O2. The van der Waals surface area contributed by atoms with Crippen LogP contribution in [0.25, 0.3) is 5.65 Å². The Labute approximate surface area is 167 Å². The maximum atomic E-state index is 6.00. The fraction of sp³-hybridized carbons (Fsp3) is 0.235. The summed E-state index contributed by atoms with van der Waals surface area (Å²) >= 11 is 0. The number of fused-ring (bicyclic) bond motifs is 2. The van der Waals surface area contributed by atoms with Gasteiger partial charge in [0.25, 0.3) is 0 Å². The highest BCUT2D eigenvalue weighted by Gasteiger charge is 2.11. The average molecular weight is 466 g/mol. The normalized spacial score (nSPS) is 13.8. The number of aliphatic imine (C=N–C) groups is 1. The highest BCUT2D eigenvalue weighted by atomic mass is 127. The molecule has 26 heavy (non-hydrogen) atoms. The Morgan fingerprint density at radius 2 is 2.00 bits per heavy atom. The molecule has 3 N–H and O–H groups in total. The topological polar surface area (TPSA) is 99.1 Å². The molecule has 0 unspecified atom stereocenters. The fourth-order valence-corrected chi connectivity index (χ4v) is 2.60. The average Bonchev–Trinajstić information content (AvgIpc) is 2.99. The van der Waals surface area contributed by atoms with Crippen LogP contribution in [0.5, 0.6) is 11.5 Å². The molecule has 2 aromatic heterocycles. The molecule has 0 radical (unpaired) electrons. The Kier molecular flexibility index (Phi) is 5.76. The third kappa shape index (κ3) is 3.98. The molecule has 0 amide bonds. The van der Waals surface area contributed by atoms with Gasteiger partial charge in [0.15, 0.2) is 23.1 Å². The van der Waals surface area contributed by atoms with Crippen LogP contribution in [0.4, 0.5) is 5.69 Å². The number of hydrogen-bond acceptors (Lipinski definition) is 5. The van der Waals surface area contributed by atoms with Crippen LogP contribution in [0.2, 0.25) is 0 Å². The summed E-state index contributed by atoms with van der Waals surface area (Å²) in [6, 6.07) is 9.32. The van der Waals surface area contributed by atoms with Crippen molar-refractivity contribution in [3.05, 3.63) is 48.4 Å². The zero-order valence-corrected chi connectivity index (χ0v) is 16.3. The first-order chi connectivity index (χ1) is 12.3. The van der Waals surface area contributed by atoms with Crippen LogP contribution in [0.15, 0.2) is 47.7 Å². The van der Waals surface area contributed by atoms with E-state index in [2.05, 4.69) is 20.4 Å². The maximum absolute atomic E-state index is 6.00. The second-order valence-electron chi connectivity index (χ2n) is 5.58. The van der Waals surface area contributed by atoms with Gasteiger partial charge in [-0.15, -0.1) is 24.0 Å². The Morgan fingerprint density at radius 1 is 1.15 bits per heavy atom. The molecule has 0 aliphatic carbocycles. The Morgan fingerprint density at radius 3 is 2.88 bits per heavy atom. The molecule has 0 atom stereocenters. The number of hydrogen-bond donors (Lipinski definition) is 2. The van der Waals surface area contributed by atoms with Crippen LogP contribution in [-0.4, -0.2) is 33.8 Å². The number of nitrogens with two attached hydrogens (primary N) is 1.